The molecular formula is C8H12O3. The molecule has 11 heavy (non-hydrogen) atoms. The first-order valence-corrected chi connectivity index (χ1v) is 3.67. The largest absolute Gasteiger partial charge is 0.466 e. The Labute approximate surface area is 66.0 Å². The highest BCUT2D eigenvalue weighted by Crippen LogP contribution is 2.12. The second-order valence-electron chi connectivity index (χ2n) is 2.51. The molecule has 1 saturated heterocycles. The maximum absolute atomic E-state index is 10.6. The van der Waals surface area contributed by atoms with Crippen LogP contribution in [0.25, 0.3) is 0 Å². The Bertz CT molecular complexity index is 157. The van der Waals surface area contributed by atoms with E-state index in [0.717, 1.165) is 19.6 Å². The van der Waals surface area contributed by atoms with E-state index >= 15 is 0 Å². The lowest BCUT2D eigenvalue weighted by Gasteiger charge is -1.96. The molecule has 0 unspecified atom stereocenters. The van der Waals surface area contributed by atoms with Crippen molar-refractivity contribution in [3.05, 3.63) is 12.2 Å². The minimum absolute atomic E-state index is 0.295. The van der Waals surface area contributed by atoms with Gasteiger partial charge in [0, 0.05) is 18.6 Å². The van der Waals surface area contributed by atoms with Crippen molar-refractivity contribution in [3.8, 4) is 0 Å². The predicted molar refractivity (Wildman–Crippen MR) is 40.1 cm³/mol. The summed E-state index contributed by atoms with van der Waals surface area (Å²) in [7, 11) is 1.37. The molecule has 1 atom stereocenters. The van der Waals surface area contributed by atoms with E-state index < -0.39 is 0 Å². The van der Waals surface area contributed by atoms with Crippen molar-refractivity contribution < 1.29 is 14.3 Å². The van der Waals surface area contributed by atoms with Crippen molar-refractivity contribution in [2.75, 3.05) is 20.3 Å². The van der Waals surface area contributed by atoms with Gasteiger partial charge in [-0.3, -0.25) is 0 Å². The molecule has 0 N–H and O–H groups in total. The highest BCUT2D eigenvalue weighted by Gasteiger charge is 2.11. The van der Waals surface area contributed by atoms with Crippen molar-refractivity contribution in [1.82, 2.24) is 0 Å². The predicted octanol–water partition coefficient (Wildman–Crippen LogP) is 0.752. The number of carbonyl (C=O) groups is 1. The average Bonchev–Trinajstić information content (AvgIpc) is 2.52. The van der Waals surface area contributed by atoms with Crippen LogP contribution >= 0.6 is 0 Å². The second kappa shape index (κ2) is 4.13. The summed E-state index contributed by atoms with van der Waals surface area (Å²) in [4.78, 5) is 10.6. The quantitative estimate of drug-likeness (QED) is 0.437. The molecule has 1 fully saturated rings. The number of rotatable bonds is 2. The van der Waals surface area contributed by atoms with Crippen LogP contribution in [-0.2, 0) is 14.3 Å². The molecule has 0 radical (unpaired) electrons. The van der Waals surface area contributed by atoms with Gasteiger partial charge in [-0.2, -0.15) is 0 Å². The van der Waals surface area contributed by atoms with Gasteiger partial charge in [-0.25, -0.2) is 4.79 Å². The number of hydrogen-bond acceptors (Lipinski definition) is 3. The number of carbonyl (C=O) groups excluding carboxylic acids is 1. The standard InChI is InChI=1S/C8H12O3/c1-10-8(9)3-2-7-4-5-11-6-7/h2-3,7H,4-6H2,1H3/b3-2-/t7-/m0/s1. The third-order valence-electron chi connectivity index (χ3n) is 1.67. The molecule has 3 heteroatoms. The van der Waals surface area contributed by atoms with Crippen LogP contribution < -0.4 is 0 Å². The Balaban J connectivity index is 2.27. The summed E-state index contributed by atoms with van der Waals surface area (Å²) in [6.45, 7) is 1.53. The highest BCUT2D eigenvalue weighted by molar-refractivity contribution is 5.81. The molecule has 0 aromatic carbocycles. The minimum Gasteiger partial charge on any atom is -0.466 e. The van der Waals surface area contributed by atoms with Gasteiger partial charge in [0.1, 0.15) is 0 Å². The maximum Gasteiger partial charge on any atom is 0.330 e. The van der Waals surface area contributed by atoms with Gasteiger partial charge in [-0.15, -0.1) is 0 Å². The summed E-state index contributed by atoms with van der Waals surface area (Å²) in [6, 6.07) is 0. The molecule has 1 rings (SSSR count). The maximum atomic E-state index is 10.6. The Hall–Kier alpha value is -0.830. The summed E-state index contributed by atoms with van der Waals surface area (Å²) < 4.78 is 9.56. The van der Waals surface area contributed by atoms with Gasteiger partial charge in [0.15, 0.2) is 0 Å². The van der Waals surface area contributed by atoms with Gasteiger partial charge >= 0.3 is 5.97 Å². The van der Waals surface area contributed by atoms with Gasteiger partial charge < -0.3 is 9.47 Å². The van der Waals surface area contributed by atoms with Gasteiger partial charge in [-0.1, -0.05) is 6.08 Å². The number of ether oxygens (including phenoxy) is 2. The summed E-state index contributed by atoms with van der Waals surface area (Å²) in [5.41, 5.74) is 0. The number of methoxy groups -OCH3 is 1. The number of hydrogen-bond donors (Lipinski definition) is 0. The van der Waals surface area contributed by atoms with Crippen LogP contribution in [0.1, 0.15) is 6.42 Å². The topological polar surface area (TPSA) is 35.5 Å². The number of esters is 1. The van der Waals surface area contributed by atoms with Crippen LogP contribution in [0.3, 0.4) is 0 Å². The molecule has 0 aromatic rings. The first kappa shape index (κ1) is 8.27. The van der Waals surface area contributed by atoms with Gasteiger partial charge in [0.25, 0.3) is 0 Å². The zero-order valence-corrected chi connectivity index (χ0v) is 6.58. The lowest BCUT2D eigenvalue weighted by molar-refractivity contribution is -0.134. The molecule has 3 nitrogen and oxygen atoms in total. The summed E-state index contributed by atoms with van der Waals surface area (Å²) in [6.07, 6.45) is 4.31. The molecule has 1 aliphatic rings. The van der Waals surface area contributed by atoms with E-state index in [9.17, 15) is 4.79 Å². The zero-order chi connectivity index (χ0) is 8.10. The van der Waals surface area contributed by atoms with E-state index in [0.29, 0.717) is 5.92 Å². The summed E-state index contributed by atoms with van der Waals surface area (Å²) in [5.74, 6) is 0.103. The molecule has 0 aromatic heterocycles. The fourth-order valence-corrected chi connectivity index (χ4v) is 0.987. The van der Waals surface area contributed by atoms with Gasteiger partial charge in [-0.05, 0) is 6.42 Å². The fourth-order valence-electron chi connectivity index (χ4n) is 0.987. The van der Waals surface area contributed by atoms with E-state index in [4.69, 9.17) is 4.74 Å². The van der Waals surface area contributed by atoms with Gasteiger partial charge in [0.2, 0.25) is 0 Å². The van der Waals surface area contributed by atoms with Crippen LogP contribution in [0.2, 0.25) is 0 Å². The average molecular weight is 156 g/mol. The molecular weight excluding hydrogens is 144 g/mol. The molecule has 1 heterocycles. The van der Waals surface area contributed by atoms with E-state index in [1.165, 1.54) is 13.2 Å². The third kappa shape index (κ3) is 2.72. The molecule has 1 aliphatic heterocycles. The Morgan fingerprint density at radius 1 is 1.73 bits per heavy atom. The van der Waals surface area contributed by atoms with Crippen LogP contribution in [0.4, 0.5) is 0 Å². The van der Waals surface area contributed by atoms with Crippen LogP contribution in [0.15, 0.2) is 12.2 Å². The SMILES string of the molecule is COC(=O)/C=C\[C@H]1CCOC1. The molecule has 0 saturated carbocycles. The van der Waals surface area contributed by atoms with E-state index in [-0.39, 0.29) is 5.97 Å². The van der Waals surface area contributed by atoms with Crippen molar-refractivity contribution in [3.63, 3.8) is 0 Å². The van der Waals surface area contributed by atoms with Crippen molar-refractivity contribution in [2.45, 2.75) is 6.42 Å². The fraction of sp³-hybridized carbons (Fsp3) is 0.625. The monoisotopic (exact) mass is 156 g/mol. The normalized spacial score (nSPS) is 24.3. The lowest BCUT2D eigenvalue weighted by atomic mass is 10.1. The molecule has 0 bridgehead atoms. The second-order valence-corrected chi connectivity index (χ2v) is 2.51. The minimum atomic E-state index is -0.295. The van der Waals surface area contributed by atoms with Crippen LogP contribution in [0.5, 0.6) is 0 Å². The van der Waals surface area contributed by atoms with Crippen molar-refractivity contribution in [1.29, 1.82) is 0 Å². The molecule has 0 amide bonds. The zero-order valence-electron chi connectivity index (χ0n) is 6.58. The van der Waals surface area contributed by atoms with Crippen molar-refractivity contribution in [2.24, 2.45) is 5.92 Å². The first-order valence-electron chi connectivity index (χ1n) is 3.67. The van der Waals surface area contributed by atoms with Crippen molar-refractivity contribution >= 4 is 5.97 Å². The molecule has 0 spiro atoms. The lowest BCUT2D eigenvalue weighted by Crippen LogP contribution is -1.98. The van der Waals surface area contributed by atoms with E-state index in [2.05, 4.69) is 4.74 Å². The van der Waals surface area contributed by atoms with Gasteiger partial charge in [0.05, 0.1) is 13.7 Å². The first-order chi connectivity index (χ1) is 5.33. The van der Waals surface area contributed by atoms with Crippen LogP contribution in [-0.4, -0.2) is 26.3 Å². The van der Waals surface area contributed by atoms with E-state index in [1.807, 2.05) is 6.08 Å². The molecule has 62 valence electrons. The highest BCUT2D eigenvalue weighted by atomic mass is 16.5. The van der Waals surface area contributed by atoms with Crippen LogP contribution in [0, 0.1) is 5.92 Å². The smallest absolute Gasteiger partial charge is 0.330 e. The Kier molecular flexibility index (Phi) is 3.11. The third-order valence-corrected chi connectivity index (χ3v) is 1.67. The Morgan fingerprint density at radius 2 is 2.55 bits per heavy atom. The molecule has 0 aliphatic carbocycles. The Morgan fingerprint density at radius 3 is 3.09 bits per heavy atom. The summed E-state index contributed by atoms with van der Waals surface area (Å²) in [5, 5.41) is 0. The van der Waals surface area contributed by atoms with E-state index in [1.54, 1.807) is 0 Å². The summed E-state index contributed by atoms with van der Waals surface area (Å²) >= 11 is 0.